The van der Waals surface area contributed by atoms with E-state index in [1.54, 1.807) is 49.1 Å². The standard InChI is InChI=1S/C25H27FN6O2/c26-21-5-1-2-6-22(21)31-12-14-32(15-13-31)23(20-4-3-9-28-17-20)18-30-25(34)24(33)29-16-19-7-10-27-11-8-19/h1-11,17,23H,12-16,18H2,(H,29,33)(H,30,34)/t23-/m0/s1. The van der Waals surface area contributed by atoms with Gasteiger partial charge >= 0.3 is 11.8 Å². The predicted molar refractivity (Wildman–Crippen MR) is 126 cm³/mol. The predicted octanol–water partition coefficient (Wildman–Crippen LogP) is 1.91. The molecule has 4 rings (SSSR count). The number of nitrogens with zero attached hydrogens (tertiary/aromatic N) is 4. The molecule has 2 aromatic heterocycles. The summed E-state index contributed by atoms with van der Waals surface area (Å²) >= 11 is 0. The average molecular weight is 463 g/mol. The van der Waals surface area contributed by atoms with Crippen molar-refractivity contribution < 1.29 is 14.0 Å². The zero-order valence-corrected chi connectivity index (χ0v) is 18.7. The van der Waals surface area contributed by atoms with Crippen LogP contribution >= 0.6 is 0 Å². The average Bonchev–Trinajstić information content (AvgIpc) is 2.89. The Morgan fingerprint density at radius 2 is 1.62 bits per heavy atom. The van der Waals surface area contributed by atoms with Gasteiger partial charge in [0, 0.05) is 64.1 Å². The van der Waals surface area contributed by atoms with Crippen molar-refractivity contribution in [2.75, 3.05) is 37.6 Å². The first-order valence-corrected chi connectivity index (χ1v) is 11.2. The maximum atomic E-state index is 14.2. The van der Waals surface area contributed by atoms with Gasteiger partial charge in [-0.3, -0.25) is 24.5 Å². The number of hydrogen-bond donors (Lipinski definition) is 2. The fourth-order valence-corrected chi connectivity index (χ4v) is 4.05. The molecule has 2 N–H and O–H groups in total. The first-order valence-electron chi connectivity index (χ1n) is 11.2. The Labute approximate surface area is 197 Å². The normalized spacial score (nSPS) is 14.9. The molecule has 1 aliphatic rings. The summed E-state index contributed by atoms with van der Waals surface area (Å²) in [6.45, 7) is 3.16. The van der Waals surface area contributed by atoms with Crippen LogP contribution in [0.25, 0.3) is 0 Å². The number of para-hydroxylation sites is 1. The second-order valence-corrected chi connectivity index (χ2v) is 8.02. The van der Waals surface area contributed by atoms with Crippen LogP contribution in [0.2, 0.25) is 0 Å². The fraction of sp³-hybridized carbons (Fsp3) is 0.280. The van der Waals surface area contributed by atoms with E-state index in [9.17, 15) is 14.0 Å². The molecule has 1 aromatic carbocycles. The highest BCUT2D eigenvalue weighted by atomic mass is 19.1. The second kappa shape index (κ2) is 11.3. The van der Waals surface area contributed by atoms with Crippen molar-refractivity contribution >= 4 is 17.5 Å². The van der Waals surface area contributed by atoms with Crippen LogP contribution in [0, 0.1) is 5.82 Å². The molecule has 1 aliphatic heterocycles. The minimum atomic E-state index is -0.689. The topological polar surface area (TPSA) is 90.5 Å². The van der Waals surface area contributed by atoms with Crippen LogP contribution < -0.4 is 15.5 Å². The summed E-state index contributed by atoms with van der Waals surface area (Å²) in [7, 11) is 0. The fourth-order valence-electron chi connectivity index (χ4n) is 4.05. The van der Waals surface area contributed by atoms with Gasteiger partial charge in [-0.05, 0) is 41.5 Å². The van der Waals surface area contributed by atoms with Gasteiger partial charge in [-0.1, -0.05) is 18.2 Å². The molecule has 1 saturated heterocycles. The molecule has 1 fully saturated rings. The van der Waals surface area contributed by atoms with Crippen molar-refractivity contribution in [2.24, 2.45) is 0 Å². The summed E-state index contributed by atoms with van der Waals surface area (Å²) in [5.74, 6) is -1.61. The van der Waals surface area contributed by atoms with Gasteiger partial charge in [-0.2, -0.15) is 0 Å². The number of halogens is 1. The molecule has 0 saturated carbocycles. The van der Waals surface area contributed by atoms with Gasteiger partial charge in [0.1, 0.15) is 5.82 Å². The number of piperazine rings is 1. The maximum absolute atomic E-state index is 14.2. The van der Waals surface area contributed by atoms with E-state index in [0.717, 1.165) is 11.1 Å². The van der Waals surface area contributed by atoms with Gasteiger partial charge < -0.3 is 15.5 Å². The van der Waals surface area contributed by atoms with E-state index in [2.05, 4.69) is 25.5 Å². The molecule has 0 unspecified atom stereocenters. The third-order valence-electron chi connectivity index (χ3n) is 5.88. The highest BCUT2D eigenvalue weighted by Gasteiger charge is 2.27. The Kier molecular flexibility index (Phi) is 7.77. The Morgan fingerprint density at radius 3 is 2.32 bits per heavy atom. The molecule has 0 bridgehead atoms. The molecule has 176 valence electrons. The smallest absolute Gasteiger partial charge is 0.309 e. The van der Waals surface area contributed by atoms with E-state index in [0.29, 0.717) is 31.9 Å². The number of anilines is 1. The minimum absolute atomic E-state index is 0.159. The summed E-state index contributed by atoms with van der Waals surface area (Å²) < 4.78 is 14.2. The van der Waals surface area contributed by atoms with Crippen molar-refractivity contribution in [1.82, 2.24) is 25.5 Å². The number of rotatable bonds is 7. The molecule has 8 nitrogen and oxygen atoms in total. The Bertz CT molecular complexity index is 1090. The van der Waals surface area contributed by atoms with E-state index in [1.807, 2.05) is 23.1 Å². The van der Waals surface area contributed by atoms with Gasteiger partial charge in [-0.25, -0.2) is 4.39 Å². The number of benzene rings is 1. The molecular formula is C25H27FN6O2. The molecule has 0 radical (unpaired) electrons. The van der Waals surface area contributed by atoms with Crippen LogP contribution in [0.4, 0.5) is 10.1 Å². The van der Waals surface area contributed by atoms with Gasteiger partial charge in [0.05, 0.1) is 11.7 Å². The molecule has 34 heavy (non-hydrogen) atoms. The molecule has 3 heterocycles. The summed E-state index contributed by atoms with van der Waals surface area (Å²) in [6, 6.07) is 14.0. The highest BCUT2D eigenvalue weighted by molar-refractivity contribution is 6.35. The van der Waals surface area contributed by atoms with E-state index in [4.69, 9.17) is 0 Å². The van der Waals surface area contributed by atoms with Crippen molar-refractivity contribution in [3.05, 3.63) is 90.3 Å². The summed E-state index contributed by atoms with van der Waals surface area (Å²) in [5, 5.41) is 5.38. The highest BCUT2D eigenvalue weighted by Crippen LogP contribution is 2.25. The van der Waals surface area contributed by atoms with Gasteiger partial charge in [0.2, 0.25) is 0 Å². The maximum Gasteiger partial charge on any atom is 0.309 e. The lowest BCUT2D eigenvalue weighted by atomic mass is 10.1. The number of amides is 2. The molecule has 9 heteroatoms. The van der Waals surface area contributed by atoms with Crippen molar-refractivity contribution in [2.45, 2.75) is 12.6 Å². The number of hydrogen-bond acceptors (Lipinski definition) is 6. The molecular weight excluding hydrogens is 435 g/mol. The van der Waals surface area contributed by atoms with Crippen LogP contribution in [0.5, 0.6) is 0 Å². The lowest BCUT2D eigenvalue weighted by Gasteiger charge is -2.40. The number of carbonyl (C=O) groups is 2. The van der Waals surface area contributed by atoms with Gasteiger partial charge in [0.25, 0.3) is 0 Å². The zero-order chi connectivity index (χ0) is 23.8. The number of carbonyl (C=O) groups excluding carboxylic acids is 2. The molecule has 0 spiro atoms. The van der Waals surface area contributed by atoms with Crippen LogP contribution in [-0.2, 0) is 16.1 Å². The molecule has 3 aromatic rings. The van der Waals surface area contributed by atoms with Gasteiger partial charge in [-0.15, -0.1) is 0 Å². The third kappa shape index (κ3) is 5.93. The largest absolute Gasteiger partial charge is 0.367 e. The van der Waals surface area contributed by atoms with Crippen LogP contribution in [-0.4, -0.2) is 59.4 Å². The minimum Gasteiger partial charge on any atom is -0.367 e. The van der Waals surface area contributed by atoms with Crippen LogP contribution in [0.3, 0.4) is 0 Å². The van der Waals surface area contributed by atoms with E-state index < -0.39 is 11.8 Å². The van der Waals surface area contributed by atoms with Crippen LogP contribution in [0.1, 0.15) is 17.2 Å². The quantitative estimate of drug-likeness (QED) is 0.522. The van der Waals surface area contributed by atoms with Crippen molar-refractivity contribution in [3.63, 3.8) is 0 Å². The SMILES string of the molecule is O=C(NCc1ccncc1)C(=O)NC[C@@H](c1cccnc1)N1CCN(c2ccccc2F)CC1. The summed E-state index contributed by atoms with van der Waals surface area (Å²) in [6.07, 6.45) is 6.73. The summed E-state index contributed by atoms with van der Waals surface area (Å²) in [5.41, 5.74) is 2.40. The van der Waals surface area contributed by atoms with Crippen molar-refractivity contribution in [3.8, 4) is 0 Å². The summed E-state index contributed by atoms with van der Waals surface area (Å²) in [4.78, 5) is 37.1. The van der Waals surface area contributed by atoms with E-state index in [1.165, 1.54) is 6.07 Å². The first kappa shape index (κ1) is 23.3. The second-order valence-electron chi connectivity index (χ2n) is 8.02. The number of pyridine rings is 2. The van der Waals surface area contributed by atoms with E-state index in [-0.39, 0.29) is 24.9 Å². The number of aromatic nitrogens is 2. The zero-order valence-electron chi connectivity index (χ0n) is 18.7. The molecule has 0 aliphatic carbocycles. The molecule has 1 atom stereocenters. The Morgan fingerprint density at radius 1 is 0.882 bits per heavy atom. The lowest BCUT2D eigenvalue weighted by Crippen LogP contribution is -2.51. The lowest BCUT2D eigenvalue weighted by molar-refractivity contribution is -0.139. The van der Waals surface area contributed by atoms with Crippen molar-refractivity contribution in [1.29, 1.82) is 0 Å². The first-order chi connectivity index (χ1) is 16.6. The Balaban J connectivity index is 1.36. The van der Waals surface area contributed by atoms with Gasteiger partial charge in [0.15, 0.2) is 0 Å². The van der Waals surface area contributed by atoms with E-state index >= 15 is 0 Å². The third-order valence-corrected chi connectivity index (χ3v) is 5.88. The Hall–Kier alpha value is -3.85. The monoisotopic (exact) mass is 462 g/mol. The number of nitrogens with one attached hydrogen (secondary N) is 2. The molecule has 2 amide bonds. The van der Waals surface area contributed by atoms with Crippen LogP contribution in [0.15, 0.2) is 73.3 Å².